The van der Waals surface area contributed by atoms with Crippen molar-refractivity contribution in [3.63, 3.8) is 0 Å². The largest absolute Gasteiger partial charge is 0.467 e. The monoisotopic (exact) mass is 398 g/mol. The molecule has 0 radical (unpaired) electrons. The van der Waals surface area contributed by atoms with E-state index < -0.39 is 0 Å². The maximum atomic E-state index is 5.62. The standard InChI is InChI=1S/C23H34N4O2/c1-3-24-23(25-12-8-15-28-18-22-11-7-16-29-22)26-19(2)20-9-6-10-21(17-20)27-13-4-5-14-27/h6-7,9-11,16-17,19H,3-5,8,12-15,18H2,1-2H3,(H2,24,25,26). The van der Waals surface area contributed by atoms with Crippen LogP contribution in [0.3, 0.4) is 0 Å². The van der Waals surface area contributed by atoms with Gasteiger partial charge in [-0.05, 0) is 62.9 Å². The molecule has 2 N–H and O–H groups in total. The Morgan fingerprint density at radius 3 is 2.86 bits per heavy atom. The van der Waals surface area contributed by atoms with Gasteiger partial charge in [0.25, 0.3) is 0 Å². The molecule has 1 atom stereocenters. The van der Waals surface area contributed by atoms with E-state index in [2.05, 4.69) is 53.6 Å². The Balaban J connectivity index is 1.47. The number of nitrogens with one attached hydrogen (secondary N) is 2. The summed E-state index contributed by atoms with van der Waals surface area (Å²) in [5.74, 6) is 1.70. The minimum atomic E-state index is 0.186. The van der Waals surface area contributed by atoms with Gasteiger partial charge in [-0.15, -0.1) is 0 Å². The molecule has 1 fully saturated rings. The third kappa shape index (κ3) is 6.82. The van der Waals surface area contributed by atoms with E-state index in [-0.39, 0.29) is 6.04 Å². The number of rotatable bonds is 10. The zero-order valence-electron chi connectivity index (χ0n) is 17.7. The van der Waals surface area contributed by atoms with Gasteiger partial charge in [-0.1, -0.05) is 12.1 Å². The van der Waals surface area contributed by atoms with Gasteiger partial charge in [0.1, 0.15) is 12.4 Å². The summed E-state index contributed by atoms with van der Waals surface area (Å²) in [5, 5.41) is 6.87. The number of anilines is 1. The van der Waals surface area contributed by atoms with Crippen molar-refractivity contribution in [1.82, 2.24) is 10.6 Å². The highest BCUT2D eigenvalue weighted by molar-refractivity contribution is 5.80. The lowest BCUT2D eigenvalue weighted by Crippen LogP contribution is -2.38. The second kappa shape index (κ2) is 11.5. The van der Waals surface area contributed by atoms with E-state index in [9.17, 15) is 0 Å². The molecule has 1 aromatic carbocycles. The molecular formula is C23H34N4O2. The molecular weight excluding hydrogens is 364 g/mol. The maximum Gasteiger partial charge on any atom is 0.191 e. The minimum Gasteiger partial charge on any atom is -0.467 e. The van der Waals surface area contributed by atoms with Crippen LogP contribution >= 0.6 is 0 Å². The first-order chi connectivity index (χ1) is 14.3. The molecule has 0 bridgehead atoms. The van der Waals surface area contributed by atoms with Gasteiger partial charge in [-0.2, -0.15) is 0 Å². The zero-order chi connectivity index (χ0) is 20.3. The van der Waals surface area contributed by atoms with Gasteiger partial charge in [-0.25, -0.2) is 0 Å². The average molecular weight is 399 g/mol. The van der Waals surface area contributed by atoms with Crippen molar-refractivity contribution in [3.8, 4) is 0 Å². The number of ether oxygens (including phenoxy) is 1. The van der Waals surface area contributed by atoms with Gasteiger partial charge < -0.3 is 24.7 Å². The molecule has 1 aromatic heterocycles. The Morgan fingerprint density at radius 2 is 2.10 bits per heavy atom. The van der Waals surface area contributed by atoms with Gasteiger partial charge in [0, 0.05) is 38.5 Å². The van der Waals surface area contributed by atoms with Crippen molar-refractivity contribution in [2.24, 2.45) is 4.99 Å². The molecule has 2 heterocycles. The van der Waals surface area contributed by atoms with Crippen molar-refractivity contribution in [2.45, 2.75) is 45.8 Å². The molecule has 1 saturated heterocycles. The normalized spacial score (nSPS) is 15.5. The fourth-order valence-electron chi connectivity index (χ4n) is 3.50. The van der Waals surface area contributed by atoms with Crippen LogP contribution in [0.25, 0.3) is 0 Å². The maximum absolute atomic E-state index is 5.62. The second-order valence-corrected chi connectivity index (χ2v) is 7.40. The topological polar surface area (TPSA) is 62.0 Å². The van der Waals surface area contributed by atoms with Gasteiger partial charge in [-0.3, -0.25) is 4.99 Å². The van der Waals surface area contributed by atoms with Crippen molar-refractivity contribution in [1.29, 1.82) is 0 Å². The summed E-state index contributed by atoms with van der Waals surface area (Å²) in [4.78, 5) is 7.16. The van der Waals surface area contributed by atoms with Crippen LogP contribution in [-0.4, -0.2) is 38.7 Å². The van der Waals surface area contributed by atoms with E-state index in [0.29, 0.717) is 19.8 Å². The third-order valence-corrected chi connectivity index (χ3v) is 5.08. The minimum absolute atomic E-state index is 0.186. The lowest BCUT2D eigenvalue weighted by atomic mass is 10.1. The van der Waals surface area contributed by atoms with Crippen LogP contribution < -0.4 is 15.5 Å². The zero-order valence-corrected chi connectivity index (χ0v) is 17.7. The van der Waals surface area contributed by atoms with E-state index in [1.54, 1.807) is 6.26 Å². The van der Waals surface area contributed by atoms with Crippen molar-refractivity contribution in [2.75, 3.05) is 37.7 Å². The molecule has 6 heteroatoms. The SMILES string of the molecule is CCNC(=NCCCOCc1ccco1)NC(C)c1cccc(N2CCCC2)c1. The molecule has 0 amide bonds. The molecule has 0 spiro atoms. The van der Waals surface area contributed by atoms with E-state index in [4.69, 9.17) is 14.1 Å². The molecule has 1 aliphatic rings. The second-order valence-electron chi connectivity index (χ2n) is 7.40. The van der Waals surface area contributed by atoms with E-state index in [0.717, 1.165) is 37.8 Å². The highest BCUT2D eigenvalue weighted by Gasteiger charge is 2.14. The summed E-state index contributed by atoms with van der Waals surface area (Å²) >= 11 is 0. The van der Waals surface area contributed by atoms with Crippen molar-refractivity contribution < 1.29 is 9.15 Å². The highest BCUT2D eigenvalue weighted by Crippen LogP contribution is 2.23. The molecule has 2 aromatic rings. The molecule has 158 valence electrons. The van der Waals surface area contributed by atoms with Crippen LogP contribution in [0.1, 0.15) is 50.5 Å². The van der Waals surface area contributed by atoms with Crippen LogP contribution in [0.2, 0.25) is 0 Å². The van der Waals surface area contributed by atoms with Crippen LogP contribution in [0.4, 0.5) is 5.69 Å². The number of nitrogens with zero attached hydrogens (tertiary/aromatic N) is 2. The highest BCUT2D eigenvalue weighted by atomic mass is 16.5. The average Bonchev–Trinajstić information content (AvgIpc) is 3.45. The molecule has 29 heavy (non-hydrogen) atoms. The number of aliphatic imine (C=N–C) groups is 1. The number of benzene rings is 1. The molecule has 0 aliphatic carbocycles. The van der Waals surface area contributed by atoms with E-state index in [1.165, 1.54) is 24.1 Å². The smallest absolute Gasteiger partial charge is 0.191 e. The lowest BCUT2D eigenvalue weighted by Gasteiger charge is -2.22. The van der Waals surface area contributed by atoms with E-state index >= 15 is 0 Å². The Bertz CT molecular complexity index is 739. The predicted octanol–water partition coefficient (Wildman–Crippen LogP) is 4.10. The molecule has 0 saturated carbocycles. The summed E-state index contributed by atoms with van der Waals surface area (Å²) in [6, 6.07) is 12.8. The van der Waals surface area contributed by atoms with Crippen LogP contribution in [0.15, 0.2) is 52.1 Å². The molecule has 6 nitrogen and oxygen atoms in total. The fourth-order valence-corrected chi connectivity index (χ4v) is 3.50. The molecule has 1 unspecified atom stereocenters. The van der Waals surface area contributed by atoms with E-state index in [1.807, 2.05) is 12.1 Å². The van der Waals surface area contributed by atoms with Crippen LogP contribution in [0.5, 0.6) is 0 Å². The first-order valence-corrected chi connectivity index (χ1v) is 10.8. The number of guanidine groups is 1. The lowest BCUT2D eigenvalue weighted by molar-refractivity contribution is 0.105. The van der Waals surface area contributed by atoms with Crippen LogP contribution in [0, 0.1) is 0 Å². The number of furan rings is 1. The fraction of sp³-hybridized carbons (Fsp3) is 0.522. The summed E-state index contributed by atoms with van der Waals surface area (Å²) in [5.41, 5.74) is 2.60. The Hall–Kier alpha value is -2.47. The molecule has 1 aliphatic heterocycles. The quantitative estimate of drug-likeness (QED) is 0.358. The predicted molar refractivity (Wildman–Crippen MR) is 118 cm³/mol. The van der Waals surface area contributed by atoms with Gasteiger partial charge in [0.15, 0.2) is 5.96 Å². The van der Waals surface area contributed by atoms with Gasteiger partial charge in [0.2, 0.25) is 0 Å². The number of hydrogen-bond acceptors (Lipinski definition) is 4. The van der Waals surface area contributed by atoms with Crippen molar-refractivity contribution in [3.05, 3.63) is 54.0 Å². The Labute approximate surface area is 174 Å². The summed E-state index contributed by atoms with van der Waals surface area (Å²) < 4.78 is 10.9. The summed E-state index contributed by atoms with van der Waals surface area (Å²) in [7, 11) is 0. The number of hydrogen-bond donors (Lipinski definition) is 2. The summed E-state index contributed by atoms with van der Waals surface area (Å²) in [6.45, 7) is 9.32. The van der Waals surface area contributed by atoms with Crippen LogP contribution in [-0.2, 0) is 11.3 Å². The Morgan fingerprint density at radius 1 is 1.24 bits per heavy atom. The van der Waals surface area contributed by atoms with Gasteiger partial charge >= 0.3 is 0 Å². The Kier molecular flexibility index (Phi) is 8.43. The summed E-state index contributed by atoms with van der Waals surface area (Å²) in [6.07, 6.45) is 5.12. The first-order valence-electron chi connectivity index (χ1n) is 10.8. The van der Waals surface area contributed by atoms with Crippen molar-refractivity contribution >= 4 is 11.6 Å². The van der Waals surface area contributed by atoms with Gasteiger partial charge in [0.05, 0.1) is 12.3 Å². The third-order valence-electron chi connectivity index (χ3n) is 5.08. The first kappa shape index (κ1) is 21.2. The molecule has 3 rings (SSSR count).